The van der Waals surface area contributed by atoms with Gasteiger partial charge in [-0.2, -0.15) is 4.31 Å². The van der Waals surface area contributed by atoms with Crippen LogP contribution in [-0.4, -0.2) is 54.5 Å². The third kappa shape index (κ3) is 3.54. The fourth-order valence-corrected chi connectivity index (χ4v) is 1.44. The molecule has 92 valence electrons. The maximum atomic E-state index is 11.2. The quantitative estimate of drug-likeness (QED) is 0.666. The standard InChI is InChI=1S/C8H16N4O3S/c1-11(16(3,13)14)6-8-10-9-7-12(8)4-5-15-2/h7H,4-6H2,1-3H3. The molecular weight excluding hydrogens is 232 g/mol. The first-order valence-electron chi connectivity index (χ1n) is 4.72. The van der Waals surface area contributed by atoms with Crippen molar-refractivity contribution in [3.63, 3.8) is 0 Å². The van der Waals surface area contributed by atoms with E-state index in [9.17, 15) is 8.42 Å². The van der Waals surface area contributed by atoms with Crippen molar-refractivity contribution >= 4 is 10.0 Å². The highest BCUT2D eigenvalue weighted by atomic mass is 32.2. The molecule has 1 aromatic heterocycles. The van der Waals surface area contributed by atoms with Crippen LogP contribution >= 0.6 is 0 Å². The summed E-state index contributed by atoms with van der Waals surface area (Å²) in [7, 11) is -0.0867. The molecule has 0 N–H and O–H groups in total. The van der Waals surface area contributed by atoms with Crippen molar-refractivity contribution in [3.05, 3.63) is 12.2 Å². The molecule has 0 saturated carbocycles. The van der Waals surface area contributed by atoms with Crippen molar-refractivity contribution in [2.24, 2.45) is 0 Å². The van der Waals surface area contributed by atoms with Gasteiger partial charge in [0.1, 0.15) is 12.2 Å². The van der Waals surface area contributed by atoms with Crippen LogP contribution in [0.25, 0.3) is 0 Å². The molecule has 0 amide bonds. The molecule has 0 aliphatic heterocycles. The molecule has 7 nitrogen and oxygen atoms in total. The summed E-state index contributed by atoms with van der Waals surface area (Å²) in [6.07, 6.45) is 2.72. The molecular formula is C8H16N4O3S. The van der Waals surface area contributed by atoms with Gasteiger partial charge in [-0.1, -0.05) is 0 Å². The molecule has 1 heterocycles. The number of ether oxygens (including phenoxy) is 1. The second-order valence-electron chi connectivity index (χ2n) is 3.45. The molecule has 16 heavy (non-hydrogen) atoms. The van der Waals surface area contributed by atoms with Gasteiger partial charge in [-0.25, -0.2) is 8.42 Å². The van der Waals surface area contributed by atoms with Crippen molar-refractivity contribution in [1.29, 1.82) is 0 Å². The van der Waals surface area contributed by atoms with E-state index in [4.69, 9.17) is 4.74 Å². The van der Waals surface area contributed by atoms with Gasteiger partial charge >= 0.3 is 0 Å². The molecule has 0 atom stereocenters. The van der Waals surface area contributed by atoms with Crippen molar-refractivity contribution in [2.45, 2.75) is 13.1 Å². The van der Waals surface area contributed by atoms with E-state index in [1.165, 1.54) is 11.4 Å². The normalized spacial score (nSPS) is 12.2. The van der Waals surface area contributed by atoms with E-state index < -0.39 is 10.0 Å². The molecule has 0 aliphatic rings. The minimum atomic E-state index is -3.20. The average molecular weight is 248 g/mol. The van der Waals surface area contributed by atoms with Gasteiger partial charge in [-0.05, 0) is 0 Å². The fourth-order valence-electron chi connectivity index (χ4n) is 1.09. The highest BCUT2D eigenvalue weighted by Gasteiger charge is 2.14. The van der Waals surface area contributed by atoms with E-state index in [2.05, 4.69) is 10.2 Å². The van der Waals surface area contributed by atoms with E-state index >= 15 is 0 Å². The van der Waals surface area contributed by atoms with Crippen LogP contribution < -0.4 is 0 Å². The van der Waals surface area contributed by atoms with Gasteiger partial charge in [0, 0.05) is 20.7 Å². The third-order valence-electron chi connectivity index (χ3n) is 2.16. The molecule has 0 aliphatic carbocycles. The van der Waals surface area contributed by atoms with Crippen LogP contribution in [0, 0.1) is 0 Å². The summed E-state index contributed by atoms with van der Waals surface area (Å²) in [5.41, 5.74) is 0. The number of aromatic nitrogens is 3. The molecule has 1 rings (SSSR count). The second-order valence-corrected chi connectivity index (χ2v) is 5.54. The first-order chi connectivity index (χ1) is 7.45. The Balaban J connectivity index is 2.70. The Labute approximate surface area is 95.1 Å². The van der Waals surface area contributed by atoms with E-state index in [1.54, 1.807) is 18.0 Å². The van der Waals surface area contributed by atoms with Gasteiger partial charge in [0.05, 0.1) is 19.4 Å². The summed E-state index contributed by atoms with van der Waals surface area (Å²) in [4.78, 5) is 0. The lowest BCUT2D eigenvalue weighted by atomic mass is 10.5. The van der Waals surface area contributed by atoms with Crippen molar-refractivity contribution < 1.29 is 13.2 Å². The lowest BCUT2D eigenvalue weighted by molar-refractivity contribution is 0.185. The monoisotopic (exact) mass is 248 g/mol. The number of hydrogen-bond acceptors (Lipinski definition) is 5. The highest BCUT2D eigenvalue weighted by Crippen LogP contribution is 2.03. The molecule has 0 unspecified atom stereocenters. The molecule has 0 radical (unpaired) electrons. The Morgan fingerprint density at radius 1 is 1.56 bits per heavy atom. The van der Waals surface area contributed by atoms with Crippen molar-refractivity contribution in [2.75, 3.05) is 27.0 Å². The Morgan fingerprint density at radius 2 is 2.25 bits per heavy atom. The van der Waals surface area contributed by atoms with E-state index in [0.717, 1.165) is 6.26 Å². The summed E-state index contributed by atoms with van der Waals surface area (Å²) in [5, 5.41) is 7.62. The van der Waals surface area contributed by atoms with Gasteiger partial charge in [0.25, 0.3) is 0 Å². The number of nitrogens with zero attached hydrogens (tertiary/aromatic N) is 4. The fraction of sp³-hybridized carbons (Fsp3) is 0.750. The zero-order chi connectivity index (χ0) is 12.2. The van der Waals surface area contributed by atoms with Crippen LogP contribution in [0.5, 0.6) is 0 Å². The van der Waals surface area contributed by atoms with Crippen LogP contribution in [0.2, 0.25) is 0 Å². The lowest BCUT2D eigenvalue weighted by Crippen LogP contribution is -2.26. The van der Waals surface area contributed by atoms with Crippen LogP contribution in [0.4, 0.5) is 0 Å². The SMILES string of the molecule is COCCn1cnnc1CN(C)S(C)(=O)=O. The number of rotatable bonds is 6. The zero-order valence-electron chi connectivity index (χ0n) is 9.62. The van der Waals surface area contributed by atoms with Crippen LogP contribution in [-0.2, 0) is 27.8 Å². The highest BCUT2D eigenvalue weighted by molar-refractivity contribution is 7.88. The summed E-state index contributed by atoms with van der Waals surface area (Å²) < 4.78 is 30.4. The maximum Gasteiger partial charge on any atom is 0.211 e. The molecule has 0 fully saturated rings. The molecule has 0 spiro atoms. The lowest BCUT2D eigenvalue weighted by Gasteiger charge is -2.13. The van der Waals surface area contributed by atoms with Gasteiger partial charge in [0.15, 0.2) is 0 Å². The average Bonchev–Trinajstić information content (AvgIpc) is 2.61. The van der Waals surface area contributed by atoms with Crippen molar-refractivity contribution in [1.82, 2.24) is 19.1 Å². The number of hydrogen-bond donors (Lipinski definition) is 0. The van der Waals surface area contributed by atoms with Crippen LogP contribution in [0.3, 0.4) is 0 Å². The van der Waals surface area contributed by atoms with E-state index in [0.29, 0.717) is 19.0 Å². The predicted molar refractivity (Wildman–Crippen MR) is 58.2 cm³/mol. The minimum Gasteiger partial charge on any atom is -0.383 e. The van der Waals surface area contributed by atoms with E-state index in [1.807, 2.05) is 0 Å². The van der Waals surface area contributed by atoms with Crippen LogP contribution in [0.15, 0.2) is 6.33 Å². The summed E-state index contributed by atoms with van der Waals surface area (Å²) in [6.45, 7) is 1.35. The third-order valence-corrected chi connectivity index (χ3v) is 3.42. The predicted octanol–water partition coefficient (Wildman–Crippen LogP) is -0.684. The minimum absolute atomic E-state index is 0.211. The van der Waals surface area contributed by atoms with Gasteiger partial charge < -0.3 is 9.30 Å². The van der Waals surface area contributed by atoms with Crippen molar-refractivity contribution in [3.8, 4) is 0 Å². The summed E-state index contributed by atoms with van der Waals surface area (Å²) in [6, 6.07) is 0. The number of methoxy groups -OCH3 is 1. The maximum absolute atomic E-state index is 11.2. The Hall–Kier alpha value is -0.990. The smallest absolute Gasteiger partial charge is 0.211 e. The first kappa shape index (κ1) is 13.1. The first-order valence-corrected chi connectivity index (χ1v) is 6.57. The molecule has 0 saturated heterocycles. The van der Waals surface area contributed by atoms with Gasteiger partial charge in [-0.3, -0.25) is 0 Å². The Morgan fingerprint density at radius 3 is 2.81 bits per heavy atom. The molecule has 0 bridgehead atoms. The molecule has 8 heteroatoms. The Bertz CT molecular complexity index is 428. The van der Waals surface area contributed by atoms with Gasteiger partial charge in [-0.15, -0.1) is 10.2 Å². The number of sulfonamides is 1. The molecule has 1 aromatic rings. The molecule has 0 aromatic carbocycles. The van der Waals surface area contributed by atoms with Crippen LogP contribution in [0.1, 0.15) is 5.82 Å². The van der Waals surface area contributed by atoms with E-state index in [-0.39, 0.29) is 6.54 Å². The Kier molecular flexibility index (Phi) is 4.39. The summed E-state index contributed by atoms with van der Waals surface area (Å²) in [5.74, 6) is 0.602. The summed E-state index contributed by atoms with van der Waals surface area (Å²) >= 11 is 0. The largest absolute Gasteiger partial charge is 0.383 e. The topological polar surface area (TPSA) is 77.3 Å². The van der Waals surface area contributed by atoms with Gasteiger partial charge in [0.2, 0.25) is 10.0 Å². The zero-order valence-corrected chi connectivity index (χ0v) is 10.4. The second kappa shape index (κ2) is 5.37.